The molecule has 0 aliphatic carbocycles. The van der Waals surface area contributed by atoms with Crippen molar-refractivity contribution in [2.75, 3.05) is 18.0 Å². The van der Waals surface area contributed by atoms with Gasteiger partial charge in [0.2, 0.25) is 0 Å². The van der Waals surface area contributed by atoms with Crippen LogP contribution in [0, 0.1) is 0 Å². The largest absolute Gasteiger partial charge is 0.455 e. The number of aromatic nitrogens is 1. The van der Waals surface area contributed by atoms with Crippen LogP contribution in [0.4, 0.5) is 5.82 Å². The summed E-state index contributed by atoms with van der Waals surface area (Å²) < 4.78 is 5.99. The third kappa shape index (κ3) is 6.09. The Bertz CT molecular complexity index is 705. The molecule has 5 nitrogen and oxygen atoms in total. The van der Waals surface area contributed by atoms with E-state index in [-0.39, 0.29) is 5.69 Å². The van der Waals surface area contributed by atoms with Crippen LogP contribution in [0.25, 0.3) is 0 Å². The van der Waals surface area contributed by atoms with Crippen molar-refractivity contribution in [3.63, 3.8) is 0 Å². The van der Waals surface area contributed by atoms with Gasteiger partial charge in [-0.25, -0.2) is 9.78 Å². The summed E-state index contributed by atoms with van der Waals surface area (Å²) in [5.41, 5.74) is 1.51. The Morgan fingerprint density at radius 2 is 2.00 bits per heavy atom. The van der Waals surface area contributed by atoms with E-state index in [1.54, 1.807) is 6.07 Å². The van der Waals surface area contributed by atoms with Crippen LogP contribution >= 0.6 is 15.9 Å². The Morgan fingerprint density at radius 3 is 2.58 bits per heavy atom. The molecular formula is C20H27BrN2O3. The predicted octanol–water partition coefficient (Wildman–Crippen LogP) is 4.72. The van der Waals surface area contributed by atoms with Crippen LogP contribution in [0.15, 0.2) is 40.4 Å². The molecule has 1 saturated heterocycles. The maximum Gasteiger partial charge on any atom is 0.358 e. The standard InChI is InChI=1S/C18H21BrN2O3.C2H6/c1-12-7-9-21(11-13(12)8-10-22)15-6-5-14(19)16(20-15)17(23)24-18(2,3)4;1-2/h5-6,8,10H,1,7,9,11H2,2-4H3;1-2H3/b13-8+;. The maximum absolute atomic E-state index is 12.3. The third-order valence-electron chi connectivity index (χ3n) is 3.52. The number of carbonyl (C=O) groups is 2. The molecule has 0 bridgehead atoms. The highest BCUT2D eigenvalue weighted by molar-refractivity contribution is 9.10. The monoisotopic (exact) mass is 422 g/mol. The molecule has 1 aromatic heterocycles. The van der Waals surface area contributed by atoms with Crippen molar-refractivity contribution in [2.24, 2.45) is 0 Å². The summed E-state index contributed by atoms with van der Waals surface area (Å²) in [6.45, 7) is 14.7. The molecule has 1 fully saturated rings. The third-order valence-corrected chi connectivity index (χ3v) is 4.16. The van der Waals surface area contributed by atoms with Gasteiger partial charge < -0.3 is 9.64 Å². The van der Waals surface area contributed by atoms with Gasteiger partial charge in [-0.15, -0.1) is 0 Å². The highest BCUT2D eigenvalue weighted by Gasteiger charge is 2.24. The molecule has 0 amide bonds. The van der Waals surface area contributed by atoms with Crippen molar-refractivity contribution in [3.8, 4) is 0 Å². The molecule has 26 heavy (non-hydrogen) atoms. The first-order chi connectivity index (χ1) is 12.2. The normalized spacial score (nSPS) is 16.0. The lowest BCUT2D eigenvalue weighted by Gasteiger charge is -2.31. The number of hydrogen-bond donors (Lipinski definition) is 0. The molecule has 0 atom stereocenters. The molecule has 0 aromatic carbocycles. The van der Waals surface area contributed by atoms with Crippen molar-refractivity contribution in [2.45, 2.75) is 46.6 Å². The van der Waals surface area contributed by atoms with Gasteiger partial charge in [-0.2, -0.15) is 0 Å². The number of hydrogen-bond acceptors (Lipinski definition) is 5. The number of halogens is 1. The lowest BCUT2D eigenvalue weighted by atomic mass is 9.99. The number of esters is 1. The molecule has 2 heterocycles. The van der Waals surface area contributed by atoms with Gasteiger partial charge in [-0.1, -0.05) is 20.4 Å². The fourth-order valence-electron chi connectivity index (χ4n) is 2.35. The molecule has 1 aliphatic heterocycles. The predicted molar refractivity (Wildman–Crippen MR) is 109 cm³/mol. The minimum atomic E-state index is -0.586. The number of pyridine rings is 1. The lowest BCUT2D eigenvalue weighted by molar-refractivity contribution is -0.104. The van der Waals surface area contributed by atoms with Gasteiger partial charge in [0, 0.05) is 13.1 Å². The molecule has 0 N–H and O–H groups in total. The first kappa shape index (κ1) is 22.1. The number of piperidine rings is 1. The highest BCUT2D eigenvalue weighted by Crippen LogP contribution is 2.27. The second kappa shape index (κ2) is 9.67. The Labute approximate surface area is 164 Å². The summed E-state index contributed by atoms with van der Waals surface area (Å²) in [6, 6.07) is 3.62. The number of allylic oxidation sites excluding steroid dienone is 1. The van der Waals surface area contributed by atoms with Crippen LogP contribution in [0.1, 0.15) is 51.5 Å². The highest BCUT2D eigenvalue weighted by atomic mass is 79.9. The lowest BCUT2D eigenvalue weighted by Crippen LogP contribution is -2.33. The zero-order chi connectivity index (χ0) is 19.9. The minimum Gasteiger partial charge on any atom is -0.455 e. The van der Waals surface area contributed by atoms with E-state index < -0.39 is 11.6 Å². The van der Waals surface area contributed by atoms with E-state index in [0.29, 0.717) is 16.8 Å². The molecule has 6 heteroatoms. The van der Waals surface area contributed by atoms with Gasteiger partial charge in [-0.3, -0.25) is 4.79 Å². The topological polar surface area (TPSA) is 59.5 Å². The van der Waals surface area contributed by atoms with Crippen LogP contribution in [0.2, 0.25) is 0 Å². The van der Waals surface area contributed by atoms with Crippen molar-refractivity contribution >= 4 is 34.0 Å². The Morgan fingerprint density at radius 1 is 1.35 bits per heavy atom. The SMILES string of the molecule is C=C1CCN(c2ccc(Br)c(C(=O)OC(C)(C)C)n2)C/C1=C\C=O.CC. The fraction of sp³-hybridized carbons (Fsp3) is 0.450. The van der Waals surface area contributed by atoms with E-state index in [2.05, 4.69) is 27.5 Å². The molecule has 0 unspecified atom stereocenters. The fourth-order valence-corrected chi connectivity index (χ4v) is 2.74. The number of anilines is 1. The number of aldehydes is 1. The van der Waals surface area contributed by atoms with E-state index >= 15 is 0 Å². The zero-order valence-electron chi connectivity index (χ0n) is 16.1. The summed E-state index contributed by atoms with van der Waals surface area (Å²) >= 11 is 3.36. The number of ether oxygens (including phenoxy) is 1. The summed E-state index contributed by atoms with van der Waals surface area (Å²) in [5, 5.41) is 0. The van der Waals surface area contributed by atoms with E-state index in [0.717, 1.165) is 30.4 Å². The molecule has 142 valence electrons. The summed E-state index contributed by atoms with van der Waals surface area (Å²) in [6.07, 6.45) is 3.05. The van der Waals surface area contributed by atoms with E-state index in [1.807, 2.05) is 45.6 Å². The van der Waals surface area contributed by atoms with Gasteiger partial charge in [-0.05, 0) is 72.5 Å². The van der Waals surface area contributed by atoms with Crippen molar-refractivity contribution in [3.05, 3.63) is 46.1 Å². The van der Waals surface area contributed by atoms with Crippen LogP contribution in [-0.2, 0) is 9.53 Å². The molecule has 0 radical (unpaired) electrons. The minimum absolute atomic E-state index is 0.243. The Balaban J connectivity index is 0.00000163. The second-order valence-corrected chi connectivity index (χ2v) is 7.46. The summed E-state index contributed by atoms with van der Waals surface area (Å²) in [7, 11) is 0. The Kier molecular flexibility index (Phi) is 8.21. The van der Waals surface area contributed by atoms with Crippen LogP contribution < -0.4 is 4.90 Å². The smallest absolute Gasteiger partial charge is 0.358 e. The molecule has 0 spiro atoms. The average Bonchev–Trinajstić information content (AvgIpc) is 2.58. The van der Waals surface area contributed by atoms with E-state index in [9.17, 15) is 9.59 Å². The van der Waals surface area contributed by atoms with Gasteiger partial charge in [0.15, 0.2) is 5.69 Å². The van der Waals surface area contributed by atoms with Gasteiger partial charge >= 0.3 is 5.97 Å². The summed E-state index contributed by atoms with van der Waals surface area (Å²) in [4.78, 5) is 29.6. The van der Waals surface area contributed by atoms with Gasteiger partial charge in [0.05, 0.1) is 4.47 Å². The van der Waals surface area contributed by atoms with Gasteiger partial charge in [0.1, 0.15) is 17.7 Å². The van der Waals surface area contributed by atoms with Gasteiger partial charge in [0.25, 0.3) is 0 Å². The first-order valence-corrected chi connectivity index (χ1v) is 9.48. The number of carbonyl (C=O) groups excluding carboxylic acids is 2. The van der Waals surface area contributed by atoms with Crippen molar-refractivity contribution in [1.29, 1.82) is 0 Å². The quantitative estimate of drug-likeness (QED) is 0.400. The molecule has 2 rings (SSSR count). The van der Waals surface area contributed by atoms with Crippen LogP contribution in [0.3, 0.4) is 0 Å². The van der Waals surface area contributed by atoms with Crippen LogP contribution in [0.5, 0.6) is 0 Å². The molecule has 1 aliphatic rings. The maximum atomic E-state index is 12.3. The Hall–Kier alpha value is -1.95. The van der Waals surface area contributed by atoms with E-state index in [1.165, 1.54) is 6.08 Å². The molecule has 1 aromatic rings. The second-order valence-electron chi connectivity index (χ2n) is 6.60. The number of rotatable bonds is 3. The molecular weight excluding hydrogens is 396 g/mol. The van der Waals surface area contributed by atoms with Crippen molar-refractivity contribution in [1.82, 2.24) is 4.98 Å². The first-order valence-electron chi connectivity index (χ1n) is 8.68. The molecule has 0 saturated carbocycles. The zero-order valence-corrected chi connectivity index (χ0v) is 17.7. The van der Waals surface area contributed by atoms with E-state index in [4.69, 9.17) is 4.74 Å². The average molecular weight is 423 g/mol. The number of nitrogens with zero attached hydrogens (tertiary/aromatic N) is 2. The van der Waals surface area contributed by atoms with Crippen LogP contribution in [-0.4, -0.2) is 35.9 Å². The van der Waals surface area contributed by atoms with Crippen molar-refractivity contribution < 1.29 is 14.3 Å². The summed E-state index contributed by atoms with van der Waals surface area (Å²) in [5.74, 6) is 0.199.